The van der Waals surface area contributed by atoms with Gasteiger partial charge in [0.1, 0.15) is 0 Å². The summed E-state index contributed by atoms with van der Waals surface area (Å²) in [5.74, 6) is 0.761. The van der Waals surface area contributed by atoms with Crippen LogP contribution < -0.4 is 10.2 Å². The third-order valence-corrected chi connectivity index (χ3v) is 3.96. The highest BCUT2D eigenvalue weighted by atomic mass is 19.4. The fourth-order valence-electron chi connectivity index (χ4n) is 2.69. The maximum absolute atomic E-state index is 12.5. The molecule has 1 aromatic carbocycles. The molecular formula is C14H17F3N2. The van der Waals surface area contributed by atoms with Gasteiger partial charge in [-0.05, 0) is 43.0 Å². The number of benzene rings is 1. The lowest BCUT2D eigenvalue weighted by Crippen LogP contribution is -2.51. The first-order chi connectivity index (χ1) is 9.04. The maximum Gasteiger partial charge on any atom is 0.416 e. The molecule has 1 aliphatic heterocycles. The Bertz CT molecular complexity index is 437. The lowest BCUT2D eigenvalue weighted by Gasteiger charge is -2.35. The minimum atomic E-state index is -4.25. The molecule has 2 nitrogen and oxygen atoms in total. The quantitative estimate of drug-likeness (QED) is 0.889. The molecular weight excluding hydrogens is 253 g/mol. The van der Waals surface area contributed by atoms with Crippen molar-refractivity contribution in [3.63, 3.8) is 0 Å². The molecule has 0 spiro atoms. The van der Waals surface area contributed by atoms with Gasteiger partial charge in [0, 0.05) is 31.4 Å². The number of nitrogens with one attached hydrogen (secondary N) is 1. The van der Waals surface area contributed by atoms with E-state index in [4.69, 9.17) is 0 Å². The molecule has 1 aliphatic carbocycles. The molecule has 1 unspecified atom stereocenters. The van der Waals surface area contributed by atoms with Crippen LogP contribution in [0.5, 0.6) is 0 Å². The Kier molecular flexibility index (Phi) is 3.17. The van der Waals surface area contributed by atoms with E-state index in [2.05, 4.69) is 10.2 Å². The van der Waals surface area contributed by atoms with E-state index in [1.165, 1.54) is 25.0 Å². The van der Waals surface area contributed by atoms with E-state index in [1.54, 1.807) is 12.1 Å². The highest BCUT2D eigenvalue weighted by Crippen LogP contribution is 2.35. The SMILES string of the molecule is FC(F)(F)c1ccc(N2CCNC(C3CC3)C2)cc1. The summed E-state index contributed by atoms with van der Waals surface area (Å²) in [4.78, 5) is 2.18. The van der Waals surface area contributed by atoms with Crippen molar-refractivity contribution >= 4 is 5.69 Å². The maximum atomic E-state index is 12.5. The summed E-state index contributed by atoms with van der Waals surface area (Å²) in [5.41, 5.74) is 0.310. The zero-order valence-corrected chi connectivity index (χ0v) is 10.6. The van der Waals surface area contributed by atoms with Crippen LogP contribution in [0.15, 0.2) is 24.3 Å². The fourth-order valence-corrected chi connectivity index (χ4v) is 2.69. The first kappa shape index (κ1) is 12.8. The molecule has 1 saturated carbocycles. The lowest BCUT2D eigenvalue weighted by molar-refractivity contribution is -0.137. The first-order valence-electron chi connectivity index (χ1n) is 6.69. The Balaban J connectivity index is 1.71. The van der Waals surface area contributed by atoms with Crippen molar-refractivity contribution in [3.05, 3.63) is 29.8 Å². The third-order valence-electron chi connectivity index (χ3n) is 3.96. The van der Waals surface area contributed by atoms with Crippen molar-refractivity contribution in [2.24, 2.45) is 5.92 Å². The van der Waals surface area contributed by atoms with Gasteiger partial charge in [-0.1, -0.05) is 0 Å². The Morgan fingerprint density at radius 1 is 1.11 bits per heavy atom. The standard InChI is InChI=1S/C14H17F3N2/c15-14(16,17)11-3-5-12(6-4-11)19-8-7-18-13(9-19)10-1-2-10/h3-6,10,13,18H,1-2,7-9H2. The number of hydrogen-bond donors (Lipinski definition) is 1. The van der Waals surface area contributed by atoms with Crippen LogP contribution in [0.2, 0.25) is 0 Å². The van der Waals surface area contributed by atoms with Crippen LogP contribution in [0.1, 0.15) is 18.4 Å². The molecule has 104 valence electrons. The second-order valence-electron chi connectivity index (χ2n) is 5.39. The van der Waals surface area contributed by atoms with Gasteiger partial charge in [-0.2, -0.15) is 13.2 Å². The zero-order valence-electron chi connectivity index (χ0n) is 10.6. The van der Waals surface area contributed by atoms with Gasteiger partial charge in [-0.25, -0.2) is 0 Å². The Labute approximate surface area is 110 Å². The Morgan fingerprint density at radius 2 is 1.79 bits per heavy atom. The molecule has 5 heteroatoms. The Hall–Kier alpha value is -1.23. The summed E-state index contributed by atoms with van der Waals surface area (Å²) in [6, 6.07) is 6.00. The average Bonchev–Trinajstić information content (AvgIpc) is 3.22. The summed E-state index contributed by atoms with van der Waals surface area (Å²) < 4.78 is 37.5. The van der Waals surface area contributed by atoms with Crippen LogP contribution in [-0.2, 0) is 6.18 Å². The molecule has 0 radical (unpaired) electrons. The molecule has 1 aromatic rings. The summed E-state index contributed by atoms with van der Waals surface area (Å²) in [7, 11) is 0. The van der Waals surface area contributed by atoms with Gasteiger partial charge >= 0.3 is 6.18 Å². The summed E-state index contributed by atoms with van der Waals surface area (Å²) in [6.45, 7) is 2.66. The number of hydrogen-bond acceptors (Lipinski definition) is 2. The van der Waals surface area contributed by atoms with E-state index in [0.717, 1.165) is 31.2 Å². The van der Waals surface area contributed by atoms with E-state index in [9.17, 15) is 13.2 Å². The van der Waals surface area contributed by atoms with Crippen LogP contribution in [0, 0.1) is 5.92 Å². The number of piperazine rings is 1. The van der Waals surface area contributed by atoms with Crippen LogP contribution in [-0.4, -0.2) is 25.7 Å². The molecule has 3 rings (SSSR count). The second kappa shape index (κ2) is 4.71. The van der Waals surface area contributed by atoms with Gasteiger partial charge in [0.25, 0.3) is 0 Å². The van der Waals surface area contributed by atoms with E-state index >= 15 is 0 Å². The van der Waals surface area contributed by atoms with Gasteiger partial charge in [0.2, 0.25) is 0 Å². The monoisotopic (exact) mass is 270 g/mol. The van der Waals surface area contributed by atoms with Crippen LogP contribution >= 0.6 is 0 Å². The molecule has 1 N–H and O–H groups in total. The van der Waals surface area contributed by atoms with E-state index < -0.39 is 11.7 Å². The van der Waals surface area contributed by atoms with Crippen LogP contribution in [0.3, 0.4) is 0 Å². The summed E-state index contributed by atoms with van der Waals surface area (Å²) in [6.07, 6.45) is -1.70. The number of anilines is 1. The van der Waals surface area contributed by atoms with Crippen molar-refractivity contribution in [1.82, 2.24) is 5.32 Å². The summed E-state index contributed by atoms with van der Waals surface area (Å²) >= 11 is 0. The van der Waals surface area contributed by atoms with E-state index in [-0.39, 0.29) is 0 Å². The van der Waals surface area contributed by atoms with Crippen molar-refractivity contribution in [3.8, 4) is 0 Å². The number of rotatable bonds is 2. The molecule has 1 saturated heterocycles. The number of halogens is 3. The van der Waals surface area contributed by atoms with Gasteiger partial charge < -0.3 is 10.2 Å². The largest absolute Gasteiger partial charge is 0.416 e. The molecule has 19 heavy (non-hydrogen) atoms. The molecule has 0 aromatic heterocycles. The van der Waals surface area contributed by atoms with Gasteiger partial charge in [-0.3, -0.25) is 0 Å². The smallest absolute Gasteiger partial charge is 0.369 e. The zero-order chi connectivity index (χ0) is 13.5. The van der Waals surface area contributed by atoms with Gasteiger partial charge in [0.15, 0.2) is 0 Å². The topological polar surface area (TPSA) is 15.3 Å². The number of nitrogens with zero attached hydrogens (tertiary/aromatic N) is 1. The molecule has 0 bridgehead atoms. The molecule has 1 atom stereocenters. The molecule has 0 amide bonds. The highest BCUT2D eigenvalue weighted by Gasteiger charge is 2.34. The fraction of sp³-hybridized carbons (Fsp3) is 0.571. The third kappa shape index (κ3) is 2.86. The summed E-state index contributed by atoms with van der Waals surface area (Å²) in [5, 5.41) is 3.49. The molecule has 2 fully saturated rings. The van der Waals surface area contributed by atoms with Crippen molar-refractivity contribution < 1.29 is 13.2 Å². The van der Waals surface area contributed by atoms with Crippen molar-refractivity contribution in [1.29, 1.82) is 0 Å². The normalized spacial score (nSPS) is 24.6. The second-order valence-corrected chi connectivity index (χ2v) is 5.39. The van der Waals surface area contributed by atoms with Crippen LogP contribution in [0.25, 0.3) is 0 Å². The average molecular weight is 270 g/mol. The Morgan fingerprint density at radius 3 is 2.37 bits per heavy atom. The molecule has 1 heterocycles. The molecule has 2 aliphatic rings. The van der Waals surface area contributed by atoms with Gasteiger partial charge in [-0.15, -0.1) is 0 Å². The van der Waals surface area contributed by atoms with Crippen molar-refractivity contribution in [2.75, 3.05) is 24.5 Å². The van der Waals surface area contributed by atoms with E-state index in [1.807, 2.05) is 0 Å². The highest BCUT2D eigenvalue weighted by molar-refractivity contribution is 5.48. The number of alkyl halides is 3. The van der Waals surface area contributed by atoms with Crippen molar-refractivity contribution in [2.45, 2.75) is 25.1 Å². The van der Waals surface area contributed by atoms with E-state index in [0.29, 0.717) is 6.04 Å². The first-order valence-corrected chi connectivity index (χ1v) is 6.69. The minimum absolute atomic E-state index is 0.496. The predicted molar refractivity (Wildman–Crippen MR) is 68.2 cm³/mol. The van der Waals surface area contributed by atoms with Crippen LogP contribution in [0.4, 0.5) is 18.9 Å². The minimum Gasteiger partial charge on any atom is -0.369 e. The van der Waals surface area contributed by atoms with Gasteiger partial charge in [0.05, 0.1) is 5.56 Å². The predicted octanol–water partition coefficient (Wildman–Crippen LogP) is 2.89. The lowest BCUT2D eigenvalue weighted by atomic mass is 10.1.